The molecule has 1 aliphatic heterocycles. The van der Waals surface area contributed by atoms with Crippen molar-refractivity contribution in [3.8, 4) is 11.5 Å². The Hall–Kier alpha value is -3.55. The molecule has 0 unspecified atom stereocenters. The number of carbonyl (C=O) groups is 3. The number of cyclic esters (lactones) is 1. The van der Waals surface area contributed by atoms with E-state index in [2.05, 4.69) is 5.32 Å². The van der Waals surface area contributed by atoms with E-state index in [4.69, 9.17) is 18.9 Å². The number of ether oxygens (including phenoxy) is 4. The van der Waals surface area contributed by atoms with Crippen molar-refractivity contribution in [3.05, 3.63) is 59.7 Å². The molecule has 8 heteroatoms. The molecule has 8 nitrogen and oxygen atoms in total. The second kappa shape index (κ2) is 8.43. The predicted molar refractivity (Wildman–Crippen MR) is 97.4 cm³/mol. The number of esters is 1. The summed E-state index contributed by atoms with van der Waals surface area (Å²) in [4.78, 5) is 36.3. The second-order valence-corrected chi connectivity index (χ2v) is 5.98. The van der Waals surface area contributed by atoms with Crippen molar-refractivity contribution in [1.82, 2.24) is 5.32 Å². The molecule has 1 fully saturated rings. The molecule has 0 saturated carbocycles. The average Bonchev–Trinajstić information content (AvgIpc) is 3.17. The first-order valence-electron chi connectivity index (χ1n) is 8.49. The second-order valence-electron chi connectivity index (χ2n) is 5.98. The van der Waals surface area contributed by atoms with E-state index in [1.807, 2.05) is 0 Å². The van der Waals surface area contributed by atoms with Gasteiger partial charge in [0.05, 0.1) is 14.2 Å². The number of Topliss-reactive ketones (excluding diaryl/α,β-unsaturated/α-hetero) is 1. The van der Waals surface area contributed by atoms with Gasteiger partial charge in [0.15, 0.2) is 17.6 Å². The Morgan fingerprint density at radius 3 is 2.39 bits per heavy atom. The first-order valence-corrected chi connectivity index (χ1v) is 8.49. The lowest BCUT2D eigenvalue weighted by Gasteiger charge is -2.23. The van der Waals surface area contributed by atoms with Gasteiger partial charge in [-0.05, 0) is 17.7 Å². The maximum absolute atomic E-state index is 12.5. The third kappa shape index (κ3) is 4.06. The highest BCUT2D eigenvalue weighted by molar-refractivity contribution is 6.40. The fourth-order valence-electron chi connectivity index (χ4n) is 2.85. The molecule has 1 aliphatic rings. The van der Waals surface area contributed by atoms with Crippen LogP contribution in [0.3, 0.4) is 0 Å². The van der Waals surface area contributed by atoms with Crippen LogP contribution >= 0.6 is 0 Å². The minimum absolute atomic E-state index is 0.00927. The molecular weight excluding hydrogens is 366 g/mol. The number of alkyl carbamates (subject to hydrolysis) is 1. The standard InChI is InChI=1S/C20H19NO7/c1-25-15-9-8-13(10-16(15)26-2)18(14-11-27-20(24)21-14)28-19(23)17(22)12-6-4-3-5-7-12/h3-10,14,18H,11H2,1-2H3,(H,21,24)/t14-,18+/m1/s1. The largest absolute Gasteiger partial charge is 0.493 e. The number of hydrogen-bond acceptors (Lipinski definition) is 7. The molecule has 1 amide bonds. The number of benzene rings is 2. The molecule has 0 bridgehead atoms. The first-order chi connectivity index (χ1) is 13.5. The number of nitrogens with one attached hydrogen (secondary N) is 1. The number of carbonyl (C=O) groups excluding carboxylic acids is 3. The van der Waals surface area contributed by atoms with Crippen LogP contribution < -0.4 is 14.8 Å². The lowest BCUT2D eigenvalue weighted by Crippen LogP contribution is -2.36. The van der Waals surface area contributed by atoms with Crippen LogP contribution in [-0.2, 0) is 14.3 Å². The van der Waals surface area contributed by atoms with E-state index in [-0.39, 0.29) is 12.2 Å². The summed E-state index contributed by atoms with van der Waals surface area (Å²) >= 11 is 0. The van der Waals surface area contributed by atoms with Crippen molar-refractivity contribution in [1.29, 1.82) is 0 Å². The summed E-state index contributed by atoms with van der Waals surface area (Å²) in [5.74, 6) is -0.910. The van der Waals surface area contributed by atoms with E-state index in [9.17, 15) is 14.4 Å². The SMILES string of the molecule is COc1ccc([C@H](OC(=O)C(=O)c2ccccc2)[C@H]2COC(=O)N2)cc1OC. The Morgan fingerprint density at radius 1 is 1.07 bits per heavy atom. The van der Waals surface area contributed by atoms with Gasteiger partial charge in [-0.15, -0.1) is 0 Å². The van der Waals surface area contributed by atoms with E-state index in [1.165, 1.54) is 26.4 Å². The van der Waals surface area contributed by atoms with Crippen LogP contribution in [0.4, 0.5) is 4.79 Å². The van der Waals surface area contributed by atoms with Crippen LogP contribution in [0.1, 0.15) is 22.0 Å². The van der Waals surface area contributed by atoms with Gasteiger partial charge in [-0.25, -0.2) is 9.59 Å². The number of ketones is 1. The smallest absolute Gasteiger partial charge is 0.407 e. The van der Waals surface area contributed by atoms with E-state index in [0.717, 1.165) is 0 Å². The van der Waals surface area contributed by atoms with Crippen molar-refractivity contribution < 1.29 is 33.3 Å². The first kappa shape index (κ1) is 19.2. The summed E-state index contributed by atoms with van der Waals surface area (Å²) in [5.41, 5.74) is 0.730. The molecule has 2 aromatic carbocycles. The maximum Gasteiger partial charge on any atom is 0.407 e. The Balaban J connectivity index is 1.88. The molecule has 0 radical (unpaired) electrons. The quantitative estimate of drug-likeness (QED) is 0.443. The zero-order valence-electron chi connectivity index (χ0n) is 15.3. The Bertz CT molecular complexity index is 881. The van der Waals surface area contributed by atoms with Crippen LogP contribution in [0.15, 0.2) is 48.5 Å². The molecule has 1 saturated heterocycles. The molecule has 146 valence electrons. The lowest BCUT2D eigenvalue weighted by molar-refractivity contribution is -0.145. The van der Waals surface area contributed by atoms with Crippen molar-refractivity contribution in [3.63, 3.8) is 0 Å². The summed E-state index contributed by atoms with van der Waals surface area (Å²) in [5, 5.41) is 2.58. The number of amides is 1. The fourth-order valence-corrected chi connectivity index (χ4v) is 2.85. The van der Waals surface area contributed by atoms with Crippen LogP contribution in [0.5, 0.6) is 11.5 Å². The third-order valence-electron chi connectivity index (χ3n) is 4.25. The minimum atomic E-state index is -1.04. The highest BCUT2D eigenvalue weighted by Crippen LogP contribution is 2.33. The molecular formula is C20H19NO7. The highest BCUT2D eigenvalue weighted by Gasteiger charge is 2.36. The molecule has 0 aromatic heterocycles. The maximum atomic E-state index is 12.5. The fraction of sp³-hybridized carbons (Fsp3) is 0.250. The van der Waals surface area contributed by atoms with Crippen LogP contribution in [0, 0.1) is 0 Å². The predicted octanol–water partition coefficient (Wildman–Crippen LogP) is 2.28. The Kier molecular flexibility index (Phi) is 5.78. The van der Waals surface area contributed by atoms with Gasteiger partial charge in [-0.1, -0.05) is 36.4 Å². The molecule has 0 aliphatic carbocycles. The van der Waals surface area contributed by atoms with Gasteiger partial charge in [0.1, 0.15) is 12.6 Å². The average molecular weight is 385 g/mol. The van der Waals surface area contributed by atoms with Gasteiger partial charge < -0.3 is 24.3 Å². The summed E-state index contributed by atoms with van der Waals surface area (Å²) in [6, 6.07) is 12.4. The van der Waals surface area contributed by atoms with Gasteiger partial charge in [-0.3, -0.25) is 4.79 Å². The monoisotopic (exact) mass is 385 g/mol. The van der Waals surface area contributed by atoms with Gasteiger partial charge in [0, 0.05) is 5.56 Å². The van der Waals surface area contributed by atoms with Crippen LogP contribution in [0.2, 0.25) is 0 Å². The van der Waals surface area contributed by atoms with E-state index < -0.39 is 30.0 Å². The molecule has 3 rings (SSSR count). The molecule has 2 atom stereocenters. The minimum Gasteiger partial charge on any atom is -0.493 e. The normalized spacial score (nSPS) is 16.5. The zero-order chi connectivity index (χ0) is 20.1. The highest BCUT2D eigenvalue weighted by atomic mass is 16.6. The van der Waals surface area contributed by atoms with Gasteiger partial charge in [-0.2, -0.15) is 0 Å². The van der Waals surface area contributed by atoms with E-state index >= 15 is 0 Å². The summed E-state index contributed by atoms with van der Waals surface area (Å²) in [6.07, 6.45) is -1.58. The van der Waals surface area contributed by atoms with Gasteiger partial charge in [0.25, 0.3) is 5.78 Å². The van der Waals surface area contributed by atoms with Gasteiger partial charge >= 0.3 is 12.1 Å². The van der Waals surface area contributed by atoms with E-state index in [0.29, 0.717) is 17.1 Å². The third-order valence-corrected chi connectivity index (χ3v) is 4.25. The molecule has 1 heterocycles. The summed E-state index contributed by atoms with van der Waals surface area (Å²) in [7, 11) is 2.97. The van der Waals surface area contributed by atoms with Crippen molar-refractivity contribution >= 4 is 17.8 Å². The van der Waals surface area contributed by atoms with Crippen LogP contribution in [0.25, 0.3) is 0 Å². The molecule has 0 spiro atoms. The number of rotatable bonds is 7. The van der Waals surface area contributed by atoms with Crippen molar-refractivity contribution in [2.45, 2.75) is 12.1 Å². The Morgan fingerprint density at radius 2 is 1.79 bits per heavy atom. The number of methoxy groups -OCH3 is 2. The van der Waals surface area contributed by atoms with Gasteiger partial charge in [0.2, 0.25) is 0 Å². The number of hydrogen-bond donors (Lipinski definition) is 1. The van der Waals surface area contributed by atoms with E-state index in [1.54, 1.807) is 36.4 Å². The zero-order valence-corrected chi connectivity index (χ0v) is 15.3. The molecule has 28 heavy (non-hydrogen) atoms. The van der Waals surface area contributed by atoms with Crippen molar-refractivity contribution in [2.75, 3.05) is 20.8 Å². The molecule has 1 N–H and O–H groups in total. The van der Waals surface area contributed by atoms with Crippen LogP contribution in [-0.4, -0.2) is 44.7 Å². The topological polar surface area (TPSA) is 100 Å². The molecule has 2 aromatic rings. The Labute approximate surface area is 161 Å². The lowest BCUT2D eigenvalue weighted by atomic mass is 10.0. The summed E-state index contributed by atoms with van der Waals surface area (Å²) < 4.78 is 20.9. The summed E-state index contributed by atoms with van der Waals surface area (Å²) in [6.45, 7) is -0.00927. The van der Waals surface area contributed by atoms with Crippen molar-refractivity contribution in [2.24, 2.45) is 0 Å².